The summed E-state index contributed by atoms with van der Waals surface area (Å²) in [7, 11) is 1.61. The molecule has 1 aliphatic rings. The maximum absolute atomic E-state index is 13.3. The molecular formula is C25H31ClN2O3. The van der Waals surface area contributed by atoms with Crippen molar-refractivity contribution in [3.8, 4) is 5.75 Å². The average molecular weight is 443 g/mol. The molecule has 0 unspecified atom stereocenters. The standard InChI is InChI=1S/C25H31ClN2O3/c1-18(25(30)27-22-6-4-3-5-7-22)28(17-20-8-12-21(26)13-9-20)24(29)16-19-10-14-23(31-2)15-11-19/h8-15,18,22H,3-7,16-17H2,1-2H3,(H,27,30)/t18-/m1/s1. The summed E-state index contributed by atoms with van der Waals surface area (Å²) < 4.78 is 5.19. The molecule has 2 amide bonds. The van der Waals surface area contributed by atoms with Gasteiger partial charge in [0.25, 0.3) is 0 Å². The van der Waals surface area contributed by atoms with Crippen LogP contribution in [-0.4, -0.2) is 35.9 Å². The Balaban J connectivity index is 1.74. The predicted octanol–water partition coefficient (Wildman–Crippen LogP) is 4.76. The molecule has 0 aliphatic heterocycles. The summed E-state index contributed by atoms with van der Waals surface area (Å²) in [5, 5.41) is 3.80. The Kier molecular flexibility index (Phi) is 8.35. The van der Waals surface area contributed by atoms with Crippen molar-refractivity contribution in [3.05, 3.63) is 64.7 Å². The number of hydrogen-bond donors (Lipinski definition) is 1. The van der Waals surface area contributed by atoms with Crippen molar-refractivity contribution < 1.29 is 14.3 Å². The van der Waals surface area contributed by atoms with Gasteiger partial charge in [-0.15, -0.1) is 0 Å². The molecule has 166 valence electrons. The zero-order chi connectivity index (χ0) is 22.2. The number of ether oxygens (including phenoxy) is 1. The van der Waals surface area contributed by atoms with E-state index in [1.165, 1.54) is 6.42 Å². The number of halogens is 1. The van der Waals surface area contributed by atoms with Crippen LogP contribution in [0.25, 0.3) is 0 Å². The molecule has 5 nitrogen and oxygen atoms in total. The normalized spacial score (nSPS) is 15.2. The lowest BCUT2D eigenvalue weighted by Crippen LogP contribution is -2.50. The van der Waals surface area contributed by atoms with Crippen LogP contribution < -0.4 is 10.1 Å². The van der Waals surface area contributed by atoms with E-state index in [2.05, 4.69) is 5.32 Å². The third kappa shape index (κ3) is 6.73. The Bertz CT molecular complexity index is 861. The smallest absolute Gasteiger partial charge is 0.242 e. The van der Waals surface area contributed by atoms with Crippen LogP contribution in [-0.2, 0) is 22.6 Å². The monoisotopic (exact) mass is 442 g/mol. The van der Waals surface area contributed by atoms with Crippen LogP contribution in [0.4, 0.5) is 0 Å². The summed E-state index contributed by atoms with van der Waals surface area (Å²) in [5.74, 6) is 0.560. The quantitative estimate of drug-likeness (QED) is 0.641. The third-order valence-electron chi connectivity index (χ3n) is 5.90. The average Bonchev–Trinajstić information content (AvgIpc) is 2.79. The molecule has 0 radical (unpaired) electrons. The lowest BCUT2D eigenvalue weighted by molar-refractivity contribution is -0.140. The van der Waals surface area contributed by atoms with Crippen molar-refractivity contribution in [2.45, 2.75) is 64.1 Å². The van der Waals surface area contributed by atoms with Crippen LogP contribution in [0.5, 0.6) is 5.75 Å². The fraction of sp³-hybridized carbons (Fsp3) is 0.440. The van der Waals surface area contributed by atoms with Crippen molar-refractivity contribution in [1.29, 1.82) is 0 Å². The fourth-order valence-electron chi connectivity index (χ4n) is 3.96. The molecule has 0 spiro atoms. The Morgan fingerprint density at radius 3 is 2.26 bits per heavy atom. The number of benzene rings is 2. The molecule has 2 aromatic carbocycles. The van der Waals surface area contributed by atoms with E-state index in [9.17, 15) is 9.59 Å². The molecule has 2 aromatic rings. The topological polar surface area (TPSA) is 58.6 Å². The SMILES string of the molecule is COc1ccc(CC(=O)N(Cc2ccc(Cl)cc2)[C@H](C)C(=O)NC2CCCCC2)cc1. The van der Waals surface area contributed by atoms with E-state index in [4.69, 9.17) is 16.3 Å². The highest BCUT2D eigenvalue weighted by molar-refractivity contribution is 6.30. The number of rotatable bonds is 8. The lowest BCUT2D eigenvalue weighted by atomic mass is 9.95. The van der Waals surface area contributed by atoms with Gasteiger partial charge < -0.3 is 15.0 Å². The van der Waals surface area contributed by atoms with Gasteiger partial charge in [0.05, 0.1) is 13.5 Å². The molecule has 1 aliphatic carbocycles. The van der Waals surface area contributed by atoms with Crippen molar-refractivity contribution in [3.63, 3.8) is 0 Å². The van der Waals surface area contributed by atoms with Crippen molar-refractivity contribution in [2.75, 3.05) is 7.11 Å². The van der Waals surface area contributed by atoms with Crippen LogP contribution in [0.15, 0.2) is 48.5 Å². The second kappa shape index (κ2) is 11.2. The van der Waals surface area contributed by atoms with Crippen molar-refractivity contribution in [1.82, 2.24) is 10.2 Å². The van der Waals surface area contributed by atoms with Crippen LogP contribution in [0.1, 0.15) is 50.2 Å². The summed E-state index contributed by atoms with van der Waals surface area (Å²) in [5.41, 5.74) is 1.82. The number of nitrogens with one attached hydrogen (secondary N) is 1. The van der Waals surface area contributed by atoms with E-state index in [0.717, 1.165) is 42.6 Å². The van der Waals surface area contributed by atoms with Gasteiger partial charge in [-0.1, -0.05) is 55.1 Å². The van der Waals surface area contributed by atoms with Gasteiger partial charge in [-0.25, -0.2) is 0 Å². The molecule has 0 heterocycles. The Hall–Kier alpha value is -2.53. The highest BCUT2D eigenvalue weighted by Gasteiger charge is 2.28. The van der Waals surface area contributed by atoms with Gasteiger partial charge in [0, 0.05) is 17.6 Å². The van der Waals surface area contributed by atoms with Crippen LogP contribution >= 0.6 is 11.6 Å². The highest BCUT2D eigenvalue weighted by Crippen LogP contribution is 2.19. The number of carbonyl (C=O) groups is 2. The molecule has 3 rings (SSSR count). The molecule has 0 aromatic heterocycles. The number of methoxy groups -OCH3 is 1. The van der Waals surface area contributed by atoms with Gasteiger partial charge in [-0.05, 0) is 55.2 Å². The van der Waals surface area contributed by atoms with E-state index in [1.807, 2.05) is 36.4 Å². The van der Waals surface area contributed by atoms with Gasteiger partial charge >= 0.3 is 0 Å². The van der Waals surface area contributed by atoms with Gasteiger partial charge in [0.2, 0.25) is 11.8 Å². The lowest BCUT2D eigenvalue weighted by Gasteiger charge is -2.31. The first-order valence-electron chi connectivity index (χ1n) is 10.9. The molecule has 0 saturated heterocycles. The molecule has 1 atom stereocenters. The first kappa shape index (κ1) is 23.1. The maximum atomic E-state index is 13.3. The van der Waals surface area contributed by atoms with Crippen molar-refractivity contribution in [2.24, 2.45) is 0 Å². The largest absolute Gasteiger partial charge is 0.497 e. The second-order valence-electron chi connectivity index (χ2n) is 8.19. The zero-order valence-electron chi connectivity index (χ0n) is 18.3. The predicted molar refractivity (Wildman–Crippen MR) is 123 cm³/mol. The Morgan fingerprint density at radius 2 is 1.65 bits per heavy atom. The molecule has 1 saturated carbocycles. The van der Waals surface area contributed by atoms with Crippen LogP contribution in [0.3, 0.4) is 0 Å². The van der Waals surface area contributed by atoms with E-state index in [1.54, 1.807) is 31.1 Å². The number of hydrogen-bond acceptors (Lipinski definition) is 3. The van der Waals surface area contributed by atoms with E-state index < -0.39 is 6.04 Å². The maximum Gasteiger partial charge on any atom is 0.242 e. The van der Waals surface area contributed by atoms with E-state index in [0.29, 0.717) is 11.6 Å². The summed E-state index contributed by atoms with van der Waals surface area (Å²) >= 11 is 6.01. The molecule has 1 fully saturated rings. The van der Waals surface area contributed by atoms with Gasteiger partial charge in [0.1, 0.15) is 11.8 Å². The van der Waals surface area contributed by atoms with Gasteiger partial charge in [0.15, 0.2) is 0 Å². The third-order valence-corrected chi connectivity index (χ3v) is 6.15. The Labute approximate surface area is 189 Å². The summed E-state index contributed by atoms with van der Waals surface area (Å²) in [6, 6.07) is 14.5. The first-order valence-corrected chi connectivity index (χ1v) is 11.3. The van der Waals surface area contributed by atoms with E-state index in [-0.39, 0.29) is 24.3 Å². The van der Waals surface area contributed by atoms with E-state index >= 15 is 0 Å². The zero-order valence-corrected chi connectivity index (χ0v) is 19.0. The molecule has 31 heavy (non-hydrogen) atoms. The molecule has 6 heteroatoms. The highest BCUT2D eigenvalue weighted by atomic mass is 35.5. The minimum absolute atomic E-state index is 0.0913. The summed E-state index contributed by atoms with van der Waals surface area (Å²) in [6.45, 7) is 2.16. The minimum atomic E-state index is -0.566. The second-order valence-corrected chi connectivity index (χ2v) is 8.63. The number of nitrogens with zero attached hydrogens (tertiary/aromatic N) is 1. The van der Waals surface area contributed by atoms with Crippen LogP contribution in [0, 0.1) is 0 Å². The minimum Gasteiger partial charge on any atom is -0.497 e. The van der Waals surface area contributed by atoms with Crippen molar-refractivity contribution >= 4 is 23.4 Å². The first-order chi connectivity index (χ1) is 15.0. The summed E-state index contributed by atoms with van der Waals surface area (Å²) in [6.07, 6.45) is 5.75. The summed E-state index contributed by atoms with van der Waals surface area (Å²) in [4.78, 5) is 27.9. The Morgan fingerprint density at radius 1 is 1.03 bits per heavy atom. The number of carbonyl (C=O) groups excluding carboxylic acids is 2. The molecule has 0 bridgehead atoms. The fourth-order valence-corrected chi connectivity index (χ4v) is 4.08. The van der Waals surface area contributed by atoms with Gasteiger partial charge in [-0.2, -0.15) is 0 Å². The van der Waals surface area contributed by atoms with Gasteiger partial charge in [-0.3, -0.25) is 9.59 Å². The molecular weight excluding hydrogens is 412 g/mol. The van der Waals surface area contributed by atoms with Crippen LogP contribution in [0.2, 0.25) is 5.02 Å². The molecule has 1 N–H and O–H groups in total. The number of amides is 2.